The summed E-state index contributed by atoms with van der Waals surface area (Å²) < 4.78 is 5.20. The summed E-state index contributed by atoms with van der Waals surface area (Å²) in [7, 11) is 0. The Kier molecular flexibility index (Phi) is 6.02. The van der Waals surface area contributed by atoms with E-state index >= 15 is 0 Å². The predicted molar refractivity (Wildman–Crippen MR) is 79.3 cm³/mol. The van der Waals surface area contributed by atoms with Gasteiger partial charge >= 0.3 is 0 Å². The number of ether oxygens (including phenoxy) is 1. The second-order valence-corrected chi connectivity index (χ2v) is 5.36. The molecule has 20 heavy (non-hydrogen) atoms. The van der Waals surface area contributed by atoms with Gasteiger partial charge in [-0.15, -0.1) is 0 Å². The number of rotatable bonds is 6. The van der Waals surface area contributed by atoms with E-state index in [9.17, 15) is 4.79 Å². The third-order valence-electron chi connectivity index (χ3n) is 3.82. The average Bonchev–Trinajstić information content (AvgIpc) is 2.49. The molecule has 2 N–H and O–H groups in total. The molecule has 1 aliphatic rings. The van der Waals surface area contributed by atoms with Crippen LogP contribution in [0.25, 0.3) is 0 Å². The van der Waals surface area contributed by atoms with Crippen molar-refractivity contribution >= 4 is 5.91 Å². The molecule has 1 fully saturated rings. The minimum atomic E-state index is 0.0941. The lowest BCUT2D eigenvalue weighted by atomic mass is 9.90. The maximum absolute atomic E-state index is 11.9. The highest BCUT2D eigenvalue weighted by molar-refractivity contribution is 5.77. The molecule has 110 valence electrons. The van der Waals surface area contributed by atoms with Gasteiger partial charge in [0.15, 0.2) is 0 Å². The van der Waals surface area contributed by atoms with Crippen LogP contribution in [-0.4, -0.2) is 43.7 Å². The fraction of sp³-hybridized carbons (Fsp3) is 0.562. The second kappa shape index (κ2) is 8.02. The molecule has 1 amide bonds. The summed E-state index contributed by atoms with van der Waals surface area (Å²) in [6, 6.07) is 10.6. The van der Waals surface area contributed by atoms with Gasteiger partial charge < -0.3 is 15.4 Å². The van der Waals surface area contributed by atoms with Crippen LogP contribution < -0.4 is 5.73 Å². The van der Waals surface area contributed by atoms with Crippen LogP contribution in [0.5, 0.6) is 0 Å². The van der Waals surface area contributed by atoms with Gasteiger partial charge in [0.2, 0.25) is 5.91 Å². The van der Waals surface area contributed by atoms with Crippen molar-refractivity contribution in [2.24, 2.45) is 11.7 Å². The van der Waals surface area contributed by atoms with Crippen LogP contribution >= 0.6 is 0 Å². The number of piperidine rings is 1. The molecule has 0 saturated carbocycles. The van der Waals surface area contributed by atoms with E-state index in [4.69, 9.17) is 10.5 Å². The van der Waals surface area contributed by atoms with Crippen molar-refractivity contribution in [1.82, 2.24) is 4.90 Å². The molecule has 2 rings (SSSR count). The zero-order valence-corrected chi connectivity index (χ0v) is 12.0. The van der Waals surface area contributed by atoms with Crippen molar-refractivity contribution < 1.29 is 9.53 Å². The molecule has 1 aromatic rings. The summed E-state index contributed by atoms with van der Waals surface area (Å²) in [6.45, 7) is 2.79. The largest absolute Gasteiger partial charge is 0.370 e. The average molecular weight is 276 g/mol. The van der Waals surface area contributed by atoms with E-state index in [1.807, 2.05) is 11.0 Å². The first-order chi connectivity index (χ1) is 9.79. The Morgan fingerprint density at radius 3 is 2.60 bits per heavy atom. The second-order valence-electron chi connectivity index (χ2n) is 5.36. The number of hydrogen-bond donors (Lipinski definition) is 1. The first kappa shape index (κ1) is 15.0. The van der Waals surface area contributed by atoms with Gasteiger partial charge in [-0.2, -0.15) is 0 Å². The van der Waals surface area contributed by atoms with Crippen molar-refractivity contribution in [3.05, 3.63) is 35.9 Å². The van der Waals surface area contributed by atoms with Gasteiger partial charge in [-0.05, 0) is 30.7 Å². The van der Waals surface area contributed by atoms with E-state index < -0.39 is 0 Å². The third-order valence-corrected chi connectivity index (χ3v) is 3.82. The summed E-state index contributed by atoms with van der Waals surface area (Å²) in [5.74, 6) is 0.781. The molecular formula is C16H24N2O2. The number of nitrogens with two attached hydrogens (primary N) is 1. The van der Waals surface area contributed by atoms with Crippen LogP contribution in [0, 0.1) is 5.92 Å². The third kappa shape index (κ3) is 4.62. The summed E-state index contributed by atoms with van der Waals surface area (Å²) in [5, 5.41) is 0. The maximum atomic E-state index is 11.9. The van der Waals surface area contributed by atoms with E-state index in [0.29, 0.717) is 19.1 Å². The van der Waals surface area contributed by atoms with Gasteiger partial charge in [0.05, 0.1) is 6.61 Å². The fourth-order valence-electron chi connectivity index (χ4n) is 2.67. The molecule has 4 nitrogen and oxygen atoms in total. The van der Waals surface area contributed by atoms with Crippen molar-refractivity contribution in [3.8, 4) is 0 Å². The summed E-state index contributed by atoms with van der Waals surface area (Å²) in [6.07, 6.45) is 3.28. The molecule has 0 atom stereocenters. The monoisotopic (exact) mass is 276 g/mol. The van der Waals surface area contributed by atoms with E-state index in [1.54, 1.807) is 0 Å². The number of amides is 1. The summed E-state index contributed by atoms with van der Waals surface area (Å²) >= 11 is 0. The number of likely N-dealkylation sites (tertiary alicyclic amines) is 1. The van der Waals surface area contributed by atoms with Gasteiger partial charge in [-0.3, -0.25) is 4.79 Å². The topological polar surface area (TPSA) is 55.6 Å². The Bertz CT molecular complexity index is 400. The Hall–Kier alpha value is -1.39. The zero-order valence-electron chi connectivity index (χ0n) is 12.0. The van der Waals surface area contributed by atoms with Crippen molar-refractivity contribution in [2.45, 2.75) is 19.3 Å². The first-order valence-electron chi connectivity index (χ1n) is 7.39. The van der Waals surface area contributed by atoms with Crippen LogP contribution in [0.2, 0.25) is 0 Å². The molecule has 1 saturated heterocycles. The van der Waals surface area contributed by atoms with Crippen LogP contribution in [0.3, 0.4) is 0 Å². The molecular weight excluding hydrogens is 252 g/mol. The Morgan fingerprint density at radius 2 is 1.95 bits per heavy atom. The van der Waals surface area contributed by atoms with E-state index in [-0.39, 0.29) is 12.5 Å². The SMILES string of the molecule is NCCOCC(=O)N1CCC(Cc2ccccc2)CC1. The molecule has 0 aromatic heterocycles. The Labute approximate surface area is 120 Å². The standard InChI is InChI=1S/C16H24N2O2/c17-8-11-20-13-16(19)18-9-6-15(7-10-18)12-14-4-2-1-3-5-14/h1-5,15H,6-13,17H2. The quantitative estimate of drug-likeness (QED) is 0.800. The highest BCUT2D eigenvalue weighted by atomic mass is 16.5. The van der Waals surface area contributed by atoms with Gasteiger partial charge in [0.25, 0.3) is 0 Å². The molecule has 1 aromatic carbocycles. The van der Waals surface area contributed by atoms with Gasteiger partial charge in [-0.25, -0.2) is 0 Å². The highest BCUT2D eigenvalue weighted by Crippen LogP contribution is 2.21. The van der Waals surface area contributed by atoms with Crippen molar-refractivity contribution in [3.63, 3.8) is 0 Å². The van der Waals surface area contributed by atoms with Crippen LogP contribution in [0.15, 0.2) is 30.3 Å². The molecule has 0 aliphatic carbocycles. The molecule has 1 aliphatic heterocycles. The highest BCUT2D eigenvalue weighted by Gasteiger charge is 2.22. The number of benzene rings is 1. The fourth-order valence-corrected chi connectivity index (χ4v) is 2.67. The Morgan fingerprint density at radius 1 is 1.25 bits per heavy atom. The van der Waals surface area contributed by atoms with Gasteiger partial charge in [-0.1, -0.05) is 30.3 Å². The lowest BCUT2D eigenvalue weighted by molar-refractivity contribution is -0.137. The van der Waals surface area contributed by atoms with Gasteiger partial charge in [0.1, 0.15) is 6.61 Å². The summed E-state index contributed by atoms with van der Waals surface area (Å²) in [4.78, 5) is 13.8. The molecule has 1 heterocycles. The molecule has 0 unspecified atom stereocenters. The van der Waals surface area contributed by atoms with Crippen molar-refractivity contribution in [1.29, 1.82) is 0 Å². The maximum Gasteiger partial charge on any atom is 0.248 e. The summed E-state index contributed by atoms with van der Waals surface area (Å²) in [5.41, 5.74) is 6.73. The minimum absolute atomic E-state index is 0.0941. The van der Waals surface area contributed by atoms with Crippen LogP contribution in [0.1, 0.15) is 18.4 Å². The Balaban J connectivity index is 1.71. The van der Waals surface area contributed by atoms with Crippen LogP contribution in [0.4, 0.5) is 0 Å². The smallest absolute Gasteiger partial charge is 0.248 e. The molecule has 0 bridgehead atoms. The lowest BCUT2D eigenvalue weighted by Crippen LogP contribution is -2.41. The van der Waals surface area contributed by atoms with Crippen LogP contribution in [-0.2, 0) is 16.0 Å². The predicted octanol–water partition coefficient (Wildman–Crippen LogP) is 1.44. The molecule has 4 heteroatoms. The minimum Gasteiger partial charge on any atom is -0.370 e. The van der Waals surface area contributed by atoms with E-state index in [2.05, 4.69) is 24.3 Å². The normalized spacial score (nSPS) is 16.4. The molecule has 0 radical (unpaired) electrons. The zero-order chi connectivity index (χ0) is 14.2. The van der Waals surface area contributed by atoms with Crippen molar-refractivity contribution in [2.75, 3.05) is 32.8 Å². The van der Waals surface area contributed by atoms with Gasteiger partial charge in [0, 0.05) is 19.6 Å². The number of hydrogen-bond acceptors (Lipinski definition) is 3. The number of carbonyl (C=O) groups excluding carboxylic acids is 1. The lowest BCUT2D eigenvalue weighted by Gasteiger charge is -2.32. The van der Waals surface area contributed by atoms with E-state index in [0.717, 1.165) is 32.4 Å². The molecule has 0 spiro atoms. The number of nitrogens with zero attached hydrogens (tertiary/aromatic N) is 1. The first-order valence-corrected chi connectivity index (χ1v) is 7.39. The van der Waals surface area contributed by atoms with E-state index in [1.165, 1.54) is 5.56 Å². The number of carbonyl (C=O) groups is 1.